The third-order valence-corrected chi connectivity index (χ3v) is 3.56. The Kier molecular flexibility index (Phi) is 3.33. The monoisotopic (exact) mass is 318 g/mol. The molecule has 1 aromatic carbocycles. The number of halogens is 1. The lowest BCUT2D eigenvalue weighted by Gasteiger charge is -2.05. The Morgan fingerprint density at radius 3 is 3.07 bits per heavy atom. The smallest absolute Gasteiger partial charge is 0.161 e. The molecule has 0 spiro atoms. The third-order valence-electron chi connectivity index (χ3n) is 1.88. The predicted molar refractivity (Wildman–Crippen MR) is 72.1 cm³/mol. The number of aliphatic imine (C=N–C) groups is 1. The summed E-state index contributed by atoms with van der Waals surface area (Å²) in [6.07, 6.45) is 0. The van der Waals surface area contributed by atoms with E-state index in [4.69, 9.17) is 0 Å². The van der Waals surface area contributed by atoms with Crippen molar-refractivity contribution >= 4 is 45.2 Å². The first kappa shape index (κ1) is 10.3. The van der Waals surface area contributed by atoms with Crippen LogP contribution < -0.4 is 5.32 Å². The fourth-order valence-corrected chi connectivity index (χ4v) is 2.63. The quantitative estimate of drug-likeness (QED) is 0.804. The fourth-order valence-electron chi connectivity index (χ4n) is 1.24. The van der Waals surface area contributed by atoms with E-state index < -0.39 is 0 Å². The van der Waals surface area contributed by atoms with Crippen molar-refractivity contribution in [1.82, 2.24) is 0 Å². The summed E-state index contributed by atoms with van der Waals surface area (Å²) < 4.78 is 1.24. The van der Waals surface area contributed by atoms with Crippen LogP contribution in [0.25, 0.3) is 0 Å². The van der Waals surface area contributed by atoms with Crippen molar-refractivity contribution in [3.8, 4) is 0 Å². The molecule has 4 heteroatoms. The number of rotatable bonds is 1. The Labute approximate surface area is 102 Å². The number of thioether (sulfide) groups is 1. The van der Waals surface area contributed by atoms with Gasteiger partial charge in [-0.15, -0.1) is 0 Å². The summed E-state index contributed by atoms with van der Waals surface area (Å²) in [4.78, 5) is 4.41. The Hall–Kier alpha value is -0.230. The van der Waals surface area contributed by atoms with Gasteiger partial charge in [0, 0.05) is 14.5 Å². The van der Waals surface area contributed by atoms with Crippen LogP contribution in [-0.2, 0) is 0 Å². The van der Waals surface area contributed by atoms with Crippen LogP contribution in [0.4, 0.5) is 5.69 Å². The molecule has 0 saturated heterocycles. The minimum Gasteiger partial charge on any atom is -0.335 e. The second kappa shape index (κ2) is 4.53. The van der Waals surface area contributed by atoms with Crippen molar-refractivity contribution in [1.29, 1.82) is 0 Å². The van der Waals surface area contributed by atoms with Gasteiger partial charge in [-0.2, -0.15) is 0 Å². The molecule has 0 saturated carbocycles. The third kappa shape index (κ3) is 2.63. The summed E-state index contributed by atoms with van der Waals surface area (Å²) >= 11 is 4.11. The zero-order chi connectivity index (χ0) is 9.97. The van der Waals surface area contributed by atoms with Crippen molar-refractivity contribution in [3.63, 3.8) is 0 Å². The van der Waals surface area contributed by atoms with E-state index >= 15 is 0 Å². The minimum atomic E-state index is 0.611. The van der Waals surface area contributed by atoms with Gasteiger partial charge in [0.15, 0.2) is 5.17 Å². The van der Waals surface area contributed by atoms with Gasteiger partial charge >= 0.3 is 0 Å². The van der Waals surface area contributed by atoms with E-state index in [1.54, 1.807) is 11.8 Å². The number of hydrogen-bond acceptors (Lipinski definition) is 3. The molecule has 1 unspecified atom stereocenters. The van der Waals surface area contributed by atoms with Crippen molar-refractivity contribution in [2.75, 3.05) is 11.9 Å². The molecule has 0 aromatic heterocycles. The summed E-state index contributed by atoms with van der Waals surface area (Å²) in [7, 11) is 0. The molecule has 74 valence electrons. The molecule has 0 amide bonds. The van der Waals surface area contributed by atoms with Crippen molar-refractivity contribution in [2.45, 2.75) is 12.2 Å². The lowest BCUT2D eigenvalue weighted by molar-refractivity contribution is 0.976. The molecule has 0 aliphatic carbocycles. The van der Waals surface area contributed by atoms with Gasteiger partial charge in [-0.3, -0.25) is 4.99 Å². The maximum absolute atomic E-state index is 4.41. The zero-order valence-corrected chi connectivity index (χ0v) is 10.8. The highest BCUT2D eigenvalue weighted by atomic mass is 127. The molecule has 1 aliphatic heterocycles. The highest BCUT2D eigenvalue weighted by Gasteiger charge is 2.14. The van der Waals surface area contributed by atoms with Gasteiger partial charge in [-0.25, -0.2) is 0 Å². The van der Waals surface area contributed by atoms with E-state index in [1.165, 1.54) is 3.57 Å². The SMILES string of the molecule is CC1CN=C(Nc2cccc(I)c2)S1. The van der Waals surface area contributed by atoms with E-state index in [2.05, 4.69) is 58.0 Å². The van der Waals surface area contributed by atoms with Gasteiger partial charge < -0.3 is 5.32 Å². The molecular weight excluding hydrogens is 307 g/mol. The largest absolute Gasteiger partial charge is 0.335 e. The minimum absolute atomic E-state index is 0.611. The zero-order valence-electron chi connectivity index (χ0n) is 7.83. The number of nitrogens with zero attached hydrogens (tertiary/aromatic N) is 1. The highest BCUT2D eigenvalue weighted by Crippen LogP contribution is 2.22. The molecule has 2 rings (SSSR count). The summed E-state index contributed by atoms with van der Waals surface area (Å²) in [5, 5.41) is 4.97. The number of hydrogen-bond donors (Lipinski definition) is 1. The number of benzene rings is 1. The van der Waals surface area contributed by atoms with Gasteiger partial charge in [-0.1, -0.05) is 24.8 Å². The highest BCUT2D eigenvalue weighted by molar-refractivity contribution is 14.1. The first-order chi connectivity index (χ1) is 6.74. The number of anilines is 1. The first-order valence-corrected chi connectivity index (χ1v) is 6.43. The molecule has 0 fully saturated rings. The van der Waals surface area contributed by atoms with Gasteiger partial charge in [0.2, 0.25) is 0 Å². The molecule has 1 N–H and O–H groups in total. The first-order valence-electron chi connectivity index (χ1n) is 4.48. The second-order valence-electron chi connectivity index (χ2n) is 3.21. The molecule has 1 atom stereocenters. The van der Waals surface area contributed by atoms with Crippen LogP contribution in [0.15, 0.2) is 29.3 Å². The Bertz CT molecular complexity index is 365. The fraction of sp³-hybridized carbons (Fsp3) is 0.300. The lowest BCUT2D eigenvalue weighted by atomic mass is 10.3. The molecule has 0 radical (unpaired) electrons. The molecule has 14 heavy (non-hydrogen) atoms. The molecule has 2 nitrogen and oxygen atoms in total. The maximum Gasteiger partial charge on any atom is 0.161 e. The van der Waals surface area contributed by atoms with Gasteiger partial charge in [0.1, 0.15) is 0 Å². The standard InChI is InChI=1S/C10H11IN2S/c1-7-6-12-10(14-7)13-9-4-2-3-8(11)5-9/h2-5,7H,6H2,1H3,(H,12,13). The van der Waals surface area contributed by atoms with Crippen LogP contribution in [0.3, 0.4) is 0 Å². The normalized spacial score (nSPS) is 20.7. The Morgan fingerprint density at radius 1 is 1.57 bits per heavy atom. The molecule has 1 heterocycles. The van der Waals surface area contributed by atoms with E-state index in [0.29, 0.717) is 5.25 Å². The van der Waals surface area contributed by atoms with Crippen LogP contribution >= 0.6 is 34.4 Å². The van der Waals surface area contributed by atoms with Gasteiger partial charge in [0.25, 0.3) is 0 Å². The van der Waals surface area contributed by atoms with E-state index in [0.717, 1.165) is 17.4 Å². The van der Waals surface area contributed by atoms with Crippen LogP contribution in [0.5, 0.6) is 0 Å². The van der Waals surface area contributed by atoms with E-state index in [9.17, 15) is 0 Å². The molecule has 1 aliphatic rings. The van der Waals surface area contributed by atoms with E-state index in [1.807, 2.05) is 6.07 Å². The number of amidine groups is 1. The summed E-state index contributed by atoms with van der Waals surface area (Å²) in [6, 6.07) is 8.31. The van der Waals surface area contributed by atoms with E-state index in [-0.39, 0.29) is 0 Å². The summed E-state index contributed by atoms with van der Waals surface area (Å²) in [6.45, 7) is 3.12. The topological polar surface area (TPSA) is 24.4 Å². The summed E-state index contributed by atoms with van der Waals surface area (Å²) in [5.41, 5.74) is 1.12. The molecule has 0 bridgehead atoms. The average Bonchev–Trinajstić information content (AvgIpc) is 2.51. The number of nitrogens with one attached hydrogen (secondary N) is 1. The van der Waals surface area contributed by atoms with Crippen molar-refractivity contribution in [3.05, 3.63) is 27.8 Å². The van der Waals surface area contributed by atoms with Crippen molar-refractivity contribution < 1.29 is 0 Å². The predicted octanol–water partition coefficient (Wildman–Crippen LogP) is 3.19. The van der Waals surface area contributed by atoms with Crippen LogP contribution in [0.1, 0.15) is 6.92 Å². The lowest BCUT2D eigenvalue weighted by Crippen LogP contribution is -2.05. The maximum atomic E-state index is 4.41. The van der Waals surface area contributed by atoms with Gasteiger partial charge in [-0.05, 0) is 40.8 Å². The summed E-state index contributed by atoms with van der Waals surface area (Å²) in [5.74, 6) is 0. The molecule has 1 aromatic rings. The second-order valence-corrected chi connectivity index (χ2v) is 5.88. The molecular formula is C10H11IN2S. The van der Waals surface area contributed by atoms with Gasteiger partial charge in [0.05, 0.1) is 6.54 Å². The van der Waals surface area contributed by atoms with Crippen LogP contribution in [0, 0.1) is 3.57 Å². The van der Waals surface area contributed by atoms with Crippen LogP contribution in [0.2, 0.25) is 0 Å². The Balaban J connectivity index is 2.04. The van der Waals surface area contributed by atoms with Crippen LogP contribution in [-0.4, -0.2) is 17.0 Å². The Morgan fingerprint density at radius 2 is 2.43 bits per heavy atom. The van der Waals surface area contributed by atoms with Crippen molar-refractivity contribution in [2.24, 2.45) is 4.99 Å². The average molecular weight is 318 g/mol.